The van der Waals surface area contributed by atoms with Crippen LogP contribution in [0.5, 0.6) is 0 Å². The van der Waals surface area contributed by atoms with Gasteiger partial charge in [-0.3, -0.25) is 4.72 Å². The number of hydrogen-bond donors (Lipinski definition) is 1. The van der Waals surface area contributed by atoms with Crippen LogP contribution in [0.15, 0.2) is 40.6 Å². The molecule has 18 heavy (non-hydrogen) atoms. The topological polar surface area (TPSA) is 59.1 Å². The standard InChI is InChI=1S/C9H7FN2O2S2.C2H6/c10-8-6-15-9(11-8)12-16(13,14)7-4-2-1-3-5-7;1-2/h1-6H,(H,11,12);1-2H3. The quantitative estimate of drug-likeness (QED) is 0.944. The zero-order valence-electron chi connectivity index (χ0n) is 9.92. The van der Waals surface area contributed by atoms with Crippen molar-refractivity contribution in [3.63, 3.8) is 0 Å². The highest BCUT2D eigenvalue weighted by Crippen LogP contribution is 2.18. The molecular formula is C11H13FN2O2S2. The molecule has 1 heterocycles. The SMILES string of the molecule is CC.O=S(=O)(Nc1nc(F)cs1)c1ccccc1. The summed E-state index contributed by atoms with van der Waals surface area (Å²) in [5, 5.41) is 1.14. The van der Waals surface area contributed by atoms with E-state index in [0.29, 0.717) is 0 Å². The molecular weight excluding hydrogens is 275 g/mol. The van der Waals surface area contributed by atoms with Crippen LogP contribution in [-0.2, 0) is 10.0 Å². The molecule has 0 spiro atoms. The molecule has 0 saturated heterocycles. The summed E-state index contributed by atoms with van der Waals surface area (Å²) in [6.07, 6.45) is 0. The van der Waals surface area contributed by atoms with Crippen molar-refractivity contribution in [3.05, 3.63) is 41.7 Å². The summed E-state index contributed by atoms with van der Waals surface area (Å²) in [6.45, 7) is 4.00. The number of hydrogen-bond acceptors (Lipinski definition) is 4. The van der Waals surface area contributed by atoms with Gasteiger partial charge in [-0.15, -0.1) is 11.3 Å². The van der Waals surface area contributed by atoms with Crippen LogP contribution in [-0.4, -0.2) is 13.4 Å². The summed E-state index contributed by atoms with van der Waals surface area (Å²) in [5.74, 6) is -0.698. The fourth-order valence-corrected chi connectivity index (χ4v) is 2.91. The van der Waals surface area contributed by atoms with Gasteiger partial charge in [0.25, 0.3) is 10.0 Å². The van der Waals surface area contributed by atoms with Crippen molar-refractivity contribution in [3.8, 4) is 0 Å². The molecule has 98 valence electrons. The van der Waals surface area contributed by atoms with Crippen molar-refractivity contribution in [1.29, 1.82) is 0 Å². The van der Waals surface area contributed by atoms with Crippen molar-refractivity contribution in [2.75, 3.05) is 4.72 Å². The summed E-state index contributed by atoms with van der Waals surface area (Å²) in [7, 11) is -3.67. The molecule has 4 nitrogen and oxygen atoms in total. The minimum atomic E-state index is -3.67. The van der Waals surface area contributed by atoms with Gasteiger partial charge in [0.05, 0.1) is 4.90 Å². The summed E-state index contributed by atoms with van der Waals surface area (Å²) in [4.78, 5) is 3.50. The van der Waals surface area contributed by atoms with Gasteiger partial charge in [0.2, 0.25) is 5.95 Å². The molecule has 0 aliphatic rings. The molecule has 1 aromatic carbocycles. The lowest BCUT2D eigenvalue weighted by Crippen LogP contribution is -2.12. The second-order valence-corrected chi connectivity index (χ2v) is 5.43. The molecule has 0 bridgehead atoms. The number of nitrogens with zero attached hydrogens (tertiary/aromatic N) is 1. The third-order valence-electron chi connectivity index (χ3n) is 1.75. The van der Waals surface area contributed by atoms with Gasteiger partial charge < -0.3 is 0 Å². The van der Waals surface area contributed by atoms with E-state index in [9.17, 15) is 12.8 Å². The average Bonchev–Trinajstić information content (AvgIpc) is 2.78. The van der Waals surface area contributed by atoms with E-state index < -0.39 is 16.0 Å². The Morgan fingerprint density at radius 2 is 1.83 bits per heavy atom. The smallest absolute Gasteiger partial charge is 0.255 e. The van der Waals surface area contributed by atoms with Crippen LogP contribution in [0.3, 0.4) is 0 Å². The Labute approximate surface area is 110 Å². The number of sulfonamides is 1. The van der Waals surface area contributed by atoms with Gasteiger partial charge in [-0.2, -0.15) is 9.37 Å². The van der Waals surface area contributed by atoms with Gasteiger partial charge in [-0.25, -0.2) is 8.42 Å². The van der Waals surface area contributed by atoms with Crippen LogP contribution in [0.4, 0.5) is 9.52 Å². The van der Waals surface area contributed by atoms with E-state index >= 15 is 0 Å². The first kappa shape index (κ1) is 14.6. The van der Waals surface area contributed by atoms with Gasteiger partial charge in [0, 0.05) is 5.38 Å². The van der Waals surface area contributed by atoms with E-state index in [0.717, 1.165) is 16.7 Å². The Morgan fingerprint density at radius 3 is 2.33 bits per heavy atom. The lowest BCUT2D eigenvalue weighted by Gasteiger charge is -2.03. The van der Waals surface area contributed by atoms with Gasteiger partial charge in [0.1, 0.15) is 0 Å². The number of aromatic nitrogens is 1. The molecule has 0 unspecified atom stereocenters. The van der Waals surface area contributed by atoms with E-state index in [4.69, 9.17) is 0 Å². The van der Waals surface area contributed by atoms with Crippen LogP contribution in [0, 0.1) is 5.95 Å². The Morgan fingerprint density at radius 1 is 1.22 bits per heavy atom. The van der Waals surface area contributed by atoms with E-state index in [-0.39, 0.29) is 10.0 Å². The predicted molar refractivity (Wildman–Crippen MR) is 70.7 cm³/mol. The lowest BCUT2D eigenvalue weighted by atomic mass is 10.4. The van der Waals surface area contributed by atoms with Gasteiger partial charge in [0.15, 0.2) is 5.13 Å². The van der Waals surface area contributed by atoms with Crippen LogP contribution >= 0.6 is 11.3 Å². The first-order chi connectivity index (χ1) is 8.58. The number of benzene rings is 1. The van der Waals surface area contributed by atoms with E-state index in [1.165, 1.54) is 12.1 Å². The normalized spacial score (nSPS) is 10.4. The molecule has 0 amide bonds. The van der Waals surface area contributed by atoms with Crippen molar-refractivity contribution in [2.24, 2.45) is 0 Å². The zero-order valence-corrected chi connectivity index (χ0v) is 11.6. The molecule has 0 aliphatic heterocycles. The summed E-state index contributed by atoms with van der Waals surface area (Å²) >= 11 is 0.895. The first-order valence-corrected chi connectivity index (χ1v) is 7.63. The molecule has 0 saturated carbocycles. The number of anilines is 1. The van der Waals surface area contributed by atoms with E-state index in [1.807, 2.05) is 13.8 Å². The van der Waals surface area contributed by atoms with Crippen LogP contribution < -0.4 is 4.72 Å². The maximum atomic E-state index is 12.6. The molecule has 0 atom stereocenters. The fraction of sp³-hybridized carbons (Fsp3) is 0.182. The number of rotatable bonds is 3. The highest BCUT2D eigenvalue weighted by Gasteiger charge is 2.15. The molecule has 7 heteroatoms. The van der Waals surface area contributed by atoms with E-state index in [1.54, 1.807) is 18.2 Å². The third kappa shape index (κ3) is 3.78. The number of nitrogens with one attached hydrogen (secondary N) is 1. The van der Waals surface area contributed by atoms with Crippen molar-refractivity contribution >= 4 is 26.5 Å². The Balaban J connectivity index is 0.000000771. The van der Waals surface area contributed by atoms with E-state index in [2.05, 4.69) is 9.71 Å². The molecule has 0 aliphatic carbocycles. The lowest BCUT2D eigenvalue weighted by molar-refractivity contribution is 0.592. The highest BCUT2D eigenvalue weighted by molar-refractivity contribution is 7.93. The van der Waals surface area contributed by atoms with Crippen molar-refractivity contribution in [2.45, 2.75) is 18.7 Å². The first-order valence-electron chi connectivity index (χ1n) is 5.27. The zero-order chi connectivity index (χ0) is 13.6. The van der Waals surface area contributed by atoms with Gasteiger partial charge in [-0.1, -0.05) is 32.0 Å². The second kappa shape index (κ2) is 6.46. The third-order valence-corrected chi connectivity index (χ3v) is 3.96. The monoisotopic (exact) mass is 288 g/mol. The molecule has 2 aromatic rings. The van der Waals surface area contributed by atoms with Gasteiger partial charge >= 0.3 is 0 Å². The number of thiazole rings is 1. The summed E-state index contributed by atoms with van der Waals surface area (Å²) in [5.41, 5.74) is 0. The van der Waals surface area contributed by atoms with Crippen LogP contribution in [0.1, 0.15) is 13.8 Å². The summed E-state index contributed by atoms with van der Waals surface area (Å²) in [6, 6.07) is 7.83. The molecule has 2 rings (SSSR count). The molecule has 0 radical (unpaired) electrons. The van der Waals surface area contributed by atoms with Crippen LogP contribution in [0.2, 0.25) is 0 Å². The maximum Gasteiger partial charge on any atom is 0.263 e. The molecule has 1 aromatic heterocycles. The average molecular weight is 288 g/mol. The Hall–Kier alpha value is -1.47. The maximum absolute atomic E-state index is 12.6. The Bertz CT molecular complexity index is 582. The number of halogens is 1. The van der Waals surface area contributed by atoms with Gasteiger partial charge in [-0.05, 0) is 12.1 Å². The minimum Gasteiger partial charge on any atom is -0.255 e. The predicted octanol–water partition coefficient (Wildman–Crippen LogP) is 3.11. The van der Waals surface area contributed by atoms with Crippen molar-refractivity contribution in [1.82, 2.24) is 4.98 Å². The molecule has 0 fully saturated rings. The second-order valence-electron chi connectivity index (χ2n) is 2.89. The fourth-order valence-electron chi connectivity index (χ4n) is 1.07. The largest absolute Gasteiger partial charge is 0.263 e. The summed E-state index contributed by atoms with van der Waals surface area (Å²) < 4.78 is 38.3. The highest BCUT2D eigenvalue weighted by atomic mass is 32.2. The Kier molecular flexibility index (Phi) is 5.24. The van der Waals surface area contributed by atoms with Crippen molar-refractivity contribution < 1.29 is 12.8 Å². The minimum absolute atomic E-state index is 0.0151. The van der Waals surface area contributed by atoms with Crippen LogP contribution in [0.25, 0.3) is 0 Å². The molecule has 1 N–H and O–H groups in total.